The zero-order valence-corrected chi connectivity index (χ0v) is 11.8. The van der Waals surface area contributed by atoms with Crippen molar-refractivity contribution in [1.29, 1.82) is 0 Å². The van der Waals surface area contributed by atoms with Crippen molar-refractivity contribution in [2.45, 2.75) is 19.8 Å². The average Bonchev–Trinajstić information content (AvgIpc) is 2.65. The summed E-state index contributed by atoms with van der Waals surface area (Å²) in [5.74, 6) is 0.356. The normalized spacial score (nSPS) is 11.1. The fourth-order valence-electron chi connectivity index (χ4n) is 1.48. The van der Waals surface area contributed by atoms with Crippen molar-refractivity contribution >= 4 is 39.5 Å². The van der Waals surface area contributed by atoms with Gasteiger partial charge < -0.3 is 5.73 Å². The zero-order chi connectivity index (χ0) is 12.6. The lowest BCUT2D eigenvalue weighted by molar-refractivity contribution is 0.854. The van der Waals surface area contributed by atoms with Gasteiger partial charge in [0.2, 0.25) is 0 Å². The molecule has 2 N–H and O–H groups in total. The number of nitrogens with two attached hydrogens (primary N) is 1. The van der Waals surface area contributed by atoms with Gasteiger partial charge in [0.15, 0.2) is 0 Å². The van der Waals surface area contributed by atoms with Gasteiger partial charge in [0.1, 0.15) is 10.7 Å². The Kier molecular flexibility index (Phi) is 3.61. The molecule has 1 heterocycles. The number of nitrogens with zero attached hydrogens (tertiary/aromatic N) is 1. The molecule has 2 nitrogen and oxygen atoms in total. The molecule has 2 aromatic rings. The van der Waals surface area contributed by atoms with Crippen LogP contribution >= 0.6 is 34.5 Å². The second-order valence-electron chi connectivity index (χ2n) is 4.02. The minimum absolute atomic E-state index is 0.356. The smallest absolute Gasteiger partial charge is 0.114 e. The molecule has 0 aliphatic rings. The molecule has 90 valence electrons. The molecule has 0 aliphatic heterocycles. The van der Waals surface area contributed by atoms with Gasteiger partial charge in [-0.15, -0.1) is 11.3 Å². The fourth-order valence-corrected chi connectivity index (χ4v) is 2.72. The molecule has 0 fully saturated rings. The van der Waals surface area contributed by atoms with Crippen LogP contribution in [-0.2, 0) is 0 Å². The molecule has 0 bridgehead atoms. The number of thiazole rings is 1. The summed E-state index contributed by atoms with van der Waals surface area (Å²) in [6, 6.07) is 5.47. The van der Waals surface area contributed by atoms with Crippen LogP contribution in [0.15, 0.2) is 18.2 Å². The van der Waals surface area contributed by atoms with Crippen LogP contribution in [0.25, 0.3) is 11.3 Å². The van der Waals surface area contributed by atoms with Crippen LogP contribution in [0.5, 0.6) is 0 Å². The molecule has 0 unspecified atom stereocenters. The van der Waals surface area contributed by atoms with Crippen LogP contribution in [0, 0.1) is 0 Å². The van der Waals surface area contributed by atoms with Crippen molar-refractivity contribution in [2.75, 3.05) is 5.73 Å². The molecule has 0 atom stereocenters. The first-order chi connectivity index (χ1) is 8.00. The van der Waals surface area contributed by atoms with Crippen molar-refractivity contribution in [1.82, 2.24) is 4.98 Å². The maximum absolute atomic E-state index is 6.17. The molecule has 1 aromatic carbocycles. The van der Waals surface area contributed by atoms with Gasteiger partial charge in [-0.2, -0.15) is 0 Å². The van der Waals surface area contributed by atoms with Crippen molar-refractivity contribution < 1.29 is 0 Å². The Balaban J connectivity index is 2.57. The summed E-state index contributed by atoms with van der Waals surface area (Å²) in [6.07, 6.45) is 0. The molecule has 2 rings (SSSR count). The highest BCUT2D eigenvalue weighted by molar-refractivity contribution is 7.16. The first kappa shape index (κ1) is 12.7. The third kappa shape index (κ3) is 2.41. The van der Waals surface area contributed by atoms with Crippen LogP contribution in [0.2, 0.25) is 10.0 Å². The molecule has 0 saturated heterocycles. The highest BCUT2D eigenvalue weighted by atomic mass is 35.5. The minimum atomic E-state index is 0.356. The highest BCUT2D eigenvalue weighted by Gasteiger charge is 2.16. The Hall–Kier alpha value is -0.770. The third-order valence-corrected chi connectivity index (χ3v) is 4.37. The van der Waals surface area contributed by atoms with Crippen molar-refractivity contribution in [2.24, 2.45) is 0 Å². The van der Waals surface area contributed by atoms with E-state index >= 15 is 0 Å². The Morgan fingerprint density at radius 3 is 2.59 bits per heavy atom. The van der Waals surface area contributed by atoms with Gasteiger partial charge in [0.25, 0.3) is 0 Å². The Morgan fingerprint density at radius 1 is 1.29 bits per heavy atom. The number of hydrogen-bond acceptors (Lipinski definition) is 3. The lowest BCUT2D eigenvalue weighted by Crippen LogP contribution is -1.88. The quantitative estimate of drug-likeness (QED) is 0.859. The predicted molar refractivity (Wildman–Crippen MR) is 76.1 cm³/mol. The maximum atomic E-state index is 6.17. The molecular formula is C12H12Cl2N2S. The van der Waals surface area contributed by atoms with Crippen molar-refractivity contribution in [3.8, 4) is 11.3 Å². The van der Waals surface area contributed by atoms with Gasteiger partial charge in [-0.1, -0.05) is 49.2 Å². The average molecular weight is 287 g/mol. The van der Waals surface area contributed by atoms with Gasteiger partial charge in [-0.3, -0.25) is 0 Å². The summed E-state index contributed by atoms with van der Waals surface area (Å²) in [5.41, 5.74) is 7.50. The summed E-state index contributed by atoms with van der Waals surface area (Å²) < 4.78 is 0. The number of benzene rings is 1. The largest absolute Gasteiger partial charge is 0.389 e. The SMILES string of the molecule is CC(C)c1nc(-c2cccc(Cl)c2Cl)c(N)s1. The van der Waals surface area contributed by atoms with Gasteiger partial charge in [0.05, 0.1) is 15.1 Å². The van der Waals surface area contributed by atoms with Gasteiger partial charge in [-0.25, -0.2) is 4.98 Å². The summed E-state index contributed by atoms with van der Waals surface area (Å²) in [6.45, 7) is 4.17. The Labute approximate surface area is 114 Å². The van der Waals surface area contributed by atoms with E-state index in [1.165, 1.54) is 11.3 Å². The summed E-state index contributed by atoms with van der Waals surface area (Å²) in [4.78, 5) is 4.53. The van der Waals surface area contributed by atoms with Crippen LogP contribution in [0.3, 0.4) is 0 Å². The zero-order valence-electron chi connectivity index (χ0n) is 9.50. The van der Waals surface area contributed by atoms with E-state index in [2.05, 4.69) is 18.8 Å². The molecule has 0 aliphatic carbocycles. The van der Waals surface area contributed by atoms with Crippen molar-refractivity contribution in [3.63, 3.8) is 0 Å². The van der Waals surface area contributed by atoms with Crippen LogP contribution in [0.4, 0.5) is 5.00 Å². The summed E-state index contributed by atoms with van der Waals surface area (Å²) in [7, 11) is 0. The van der Waals surface area contributed by atoms with Crippen LogP contribution in [0.1, 0.15) is 24.8 Å². The first-order valence-corrected chi connectivity index (χ1v) is 6.78. The number of anilines is 1. The van der Waals surface area contributed by atoms with Gasteiger partial charge in [-0.05, 0) is 6.07 Å². The van der Waals surface area contributed by atoms with E-state index in [0.29, 0.717) is 21.0 Å². The van der Waals surface area contributed by atoms with E-state index in [4.69, 9.17) is 28.9 Å². The fraction of sp³-hybridized carbons (Fsp3) is 0.250. The van der Waals surface area contributed by atoms with Crippen LogP contribution < -0.4 is 5.73 Å². The maximum Gasteiger partial charge on any atom is 0.114 e. The van der Waals surface area contributed by atoms with Crippen LogP contribution in [-0.4, -0.2) is 4.98 Å². The molecule has 5 heteroatoms. The van der Waals surface area contributed by atoms with Gasteiger partial charge in [0, 0.05) is 11.5 Å². The summed E-state index contributed by atoms with van der Waals surface area (Å²) >= 11 is 13.7. The Bertz CT molecular complexity index is 549. The Morgan fingerprint density at radius 2 is 2.00 bits per heavy atom. The molecule has 0 amide bonds. The second-order valence-corrected chi connectivity index (χ2v) is 5.87. The lowest BCUT2D eigenvalue weighted by Gasteiger charge is -2.03. The standard InChI is InChI=1S/C12H12Cl2N2S/c1-6(2)12-16-10(11(15)17-12)7-4-3-5-8(13)9(7)14/h3-6H,15H2,1-2H3. The highest BCUT2D eigenvalue weighted by Crippen LogP contribution is 2.39. The second kappa shape index (κ2) is 4.84. The van der Waals surface area contributed by atoms with E-state index < -0.39 is 0 Å². The van der Waals surface area contributed by atoms with E-state index in [1.54, 1.807) is 6.07 Å². The molecule has 0 spiro atoms. The number of hydrogen-bond donors (Lipinski definition) is 1. The molecular weight excluding hydrogens is 275 g/mol. The summed E-state index contributed by atoms with van der Waals surface area (Å²) in [5, 5.41) is 2.70. The number of aromatic nitrogens is 1. The van der Waals surface area contributed by atoms with E-state index in [-0.39, 0.29) is 0 Å². The lowest BCUT2D eigenvalue weighted by atomic mass is 10.1. The first-order valence-electron chi connectivity index (χ1n) is 5.21. The van der Waals surface area contributed by atoms with Crippen molar-refractivity contribution in [3.05, 3.63) is 33.3 Å². The third-order valence-electron chi connectivity index (χ3n) is 2.37. The molecule has 0 radical (unpaired) electrons. The molecule has 1 aromatic heterocycles. The molecule has 17 heavy (non-hydrogen) atoms. The minimum Gasteiger partial charge on any atom is -0.389 e. The monoisotopic (exact) mass is 286 g/mol. The van der Waals surface area contributed by atoms with E-state index in [0.717, 1.165) is 16.3 Å². The number of nitrogen functional groups attached to an aromatic ring is 1. The van der Waals surface area contributed by atoms with E-state index in [9.17, 15) is 0 Å². The number of rotatable bonds is 2. The predicted octanol–water partition coefficient (Wildman–Crippen LogP) is 4.82. The van der Waals surface area contributed by atoms with Gasteiger partial charge >= 0.3 is 0 Å². The molecule has 0 saturated carbocycles. The topological polar surface area (TPSA) is 38.9 Å². The number of halogens is 2. The van der Waals surface area contributed by atoms with E-state index in [1.807, 2.05) is 12.1 Å².